The highest BCUT2D eigenvalue weighted by molar-refractivity contribution is 7.17. The molecule has 0 atom stereocenters. The maximum atomic E-state index is 12.8. The Kier molecular flexibility index (Phi) is 6.46. The largest absolute Gasteiger partial charge is 0.310 e. The van der Waals surface area contributed by atoms with E-state index < -0.39 is 17.4 Å². The summed E-state index contributed by atoms with van der Waals surface area (Å²) in [6.07, 6.45) is 1.63. The molecule has 2 aromatic carbocycles. The van der Waals surface area contributed by atoms with Crippen LogP contribution in [-0.4, -0.2) is 21.4 Å². The Morgan fingerprint density at radius 1 is 0.939 bits per heavy atom. The average Bonchev–Trinajstić information content (AvgIpc) is 3.21. The third-order valence-corrected chi connectivity index (χ3v) is 6.22. The minimum absolute atomic E-state index is 0.0588. The van der Waals surface area contributed by atoms with Crippen LogP contribution < -0.4 is 16.4 Å². The van der Waals surface area contributed by atoms with E-state index in [1.54, 1.807) is 19.2 Å². The number of carbonyl (C=O) groups excluding carboxylic acids is 2. The fourth-order valence-corrected chi connectivity index (χ4v) is 4.36. The number of aromatic nitrogens is 2. The Morgan fingerprint density at radius 2 is 1.70 bits per heavy atom. The Morgan fingerprint density at radius 3 is 2.45 bits per heavy atom. The smallest absolute Gasteiger partial charge is 0.281 e. The number of hydrogen-bond acceptors (Lipinski definition) is 5. The number of hydrazine groups is 1. The van der Waals surface area contributed by atoms with Crippen LogP contribution in [-0.2, 0) is 6.54 Å². The molecule has 0 aliphatic heterocycles. The molecule has 0 aliphatic carbocycles. The highest BCUT2D eigenvalue weighted by atomic mass is 32.1. The molecule has 0 radical (unpaired) electrons. The van der Waals surface area contributed by atoms with Crippen molar-refractivity contribution < 1.29 is 9.59 Å². The summed E-state index contributed by atoms with van der Waals surface area (Å²) in [7, 11) is 0. The zero-order chi connectivity index (χ0) is 23.4. The number of thiazole rings is 1. The van der Waals surface area contributed by atoms with Gasteiger partial charge in [-0.05, 0) is 31.5 Å². The van der Waals surface area contributed by atoms with Crippen molar-refractivity contribution in [3.8, 4) is 10.6 Å². The lowest BCUT2D eigenvalue weighted by Crippen LogP contribution is -2.44. The van der Waals surface area contributed by atoms with Crippen LogP contribution in [0.5, 0.6) is 0 Å². The van der Waals surface area contributed by atoms with Crippen molar-refractivity contribution in [2.45, 2.75) is 20.4 Å². The van der Waals surface area contributed by atoms with E-state index in [2.05, 4.69) is 15.8 Å². The van der Waals surface area contributed by atoms with Crippen LogP contribution in [0.15, 0.2) is 77.7 Å². The molecule has 4 rings (SSSR count). The van der Waals surface area contributed by atoms with Crippen molar-refractivity contribution in [2.24, 2.45) is 0 Å². The minimum atomic E-state index is -0.683. The molecule has 2 aromatic heterocycles. The summed E-state index contributed by atoms with van der Waals surface area (Å²) in [5, 5.41) is 0.715. The number of pyridine rings is 1. The monoisotopic (exact) mass is 458 g/mol. The normalized spacial score (nSPS) is 10.6. The van der Waals surface area contributed by atoms with Crippen LogP contribution in [0.4, 0.5) is 0 Å². The second-order valence-corrected chi connectivity index (χ2v) is 8.55. The molecule has 2 heterocycles. The number of amides is 2. The number of aryl methyl sites for hydroxylation is 2. The van der Waals surface area contributed by atoms with Crippen molar-refractivity contribution in [1.29, 1.82) is 0 Å². The molecule has 2 N–H and O–H groups in total. The third-order valence-electron chi connectivity index (χ3n) is 5.01. The number of hydrogen-bond donors (Lipinski definition) is 2. The highest BCUT2D eigenvalue weighted by Crippen LogP contribution is 2.27. The molecule has 0 saturated heterocycles. The van der Waals surface area contributed by atoms with Crippen LogP contribution in [0, 0.1) is 13.8 Å². The van der Waals surface area contributed by atoms with Gasteiger partial charge in [-0.15, -0.1) is 11.3 Å². The first-order valence-electron chi connectivity index (χ1n) is 10.3. The van der Waals surface area contributed by atoms with E-state index in [1.165, 1.54) is 22.0 Å². The van der Waals surface area contributed by atoms with Crippen LogP contribution in [0.3, 0.4) is 0 Å². The predicted molar refractivity (Wildman–Crippen MR) is 128 cm³/mol. The Hall–Kier alpha value is -4.04. The Balaban J connectivity index is 1.45. The first-order valence-corrected chi connectivity index (χ1v) is 11.1. The molecule has 7 nitrogen and oxygen atoms in total. The van der Waals surface area contributed by atoms with E-state index in [0.29, 0.717) is 22.1 Å². The summed E-state index contributed by atoms with van der Waals surface area (Å²) < 4.78 is 1.46. The number of nitrogens with zero attached hydrogens (tertiary/aromatic N) is 2. The maximum Gasteiger partial charge on any atom is 0.281 e. The van der Waals surface area contributed by atoms with Gasteiger partial charge in [-0.3, -0.25) is 25.2 Å². The predicted octanol–water partition coefficient (Wildman–Crippen LogP) is 3.71. The minimum Gasteiger partial charge on any atom is -0.310 e. The van der Waals surface area contributed by atoms with Crippen molar-refractivity contribution in [1.82, 2.24) is 20.4 Å². The standard InChI is InChI=1S/C25H22N4O3S/c1-16-8-6-9-18(14-16)15-29-13-7-12-20(25(29)32)22(30)27-28-23(31)21-17(2)26-24(33-21)19-10-4-3-5-11-19/h3-14H,15H2,1-2H3,(H,27,30)(H,28,31). The van der Waals surface area contributed by atoms with E-state index >= 15 is 0 Å². The van der Waals surface area contributed by atoms with E-state index in [-0.39, 0.29) is 5.56 Å². The van der Waals surface area contributed by atoms with Gasteiger partial charge in [0.2, 0.25) is 0 Å². The SMILES string of the molecule is Cc1cccc(Cn2cccc(C(=O)NNC(=O)c3sc(-c4ccccc4)nc3C)c2=O)c1. The summed E-state index contributed by atoms with van der Waals surface area (Å²) >= 11 is 1.24. The summed E-state index contributed by atoms with van der Waals surface area (Å²) in [6.45, 7) is 4.06. The van der Waals surface area contributed by atoms with Gasteiger partial charge in [0.1, 0.15) is 15.4 Å². The molecule has 0 spiro atoms. The quantitative estimate of drug-likeness (QED) is 0.446. The van der Waals surface area contributed by atoms with Gasteiger partial charge in [-0.25, -0.2) is 4.98 Å². The summed E-state index contributed by atoms with van der Waals surface area (Å²) in [6, 6.07) is 20.4. The van der Waals surface area contributed by atoms with Gasteiger partial charge in [-0.2, -0.15) is 0 Å². The van der Waals surface area contributed by atoms with Gasteiger partial charge >= 0.3 is 0 Å². The fourth-order valence-electron chi connectivity index (χ4n) is 3.39. The van der Waals surface area contributed by atoms with Gasteiger partial charge in [0.25, 0.3) is 17.4 Å². The Labute approximate surface area is 194 Å². The van der Waals surface area contributed by atoms with Crippen molar-refractivity contribution in [3.05, 3.63) is 111 Å². The lowest BCUT2D eigenvalue weighted by molar-refractivity contribution is 0.0847. The molecule has 4 aromatic rings. The van der Waals surface area contributed by atoms with E-state index in [4.69, 9.17) is 0 Å². The van der Waals surface area contributed by atoms with Gasteiger partial charge in [0, 0.05) is 11.8 Å². The second kappa shape index (κ2) is 9.62. The van der Waals surface area contributed by atoms with Crippen LogP contribution >= 0.6 is 11.3 Å². The summed E-state index contributed by atoms with van der Waals surface area (Å²) in [5.41, 5.74) is 7.75. The zero-order valence-corrected chi connectivity index (χ0v) is 19.0. The Bertz CT molecular complexity index is 1380. The molecule has 0 bridgehead atoms. The van der Waals surface area contributed by atoms with Gasteiger partial charge in [0.05, 0.1) is 12.2 Å². The molecule has 0 fully saturated rings. The fraction of sp³-hybridized carbons (Fsp3) is 0.120. The molecular formula is C25H22N4O3S. The summed E-state index contributed by atoms with van der Waals surface area (Å²) in [5.74, 6) is -1.17. The van der Waals surface area contributed by atoms with Gasteiger partial charge < -0.3 is 4.57 Å². The lowest BCUT2D eigenvalue weighted by atomic mass is 10.1. The van der Waals surface area contributed by atoms with E-state index in [1.807, 2.05) is 61.5 Å². The number of carbonyl (C=O) groups is 2. The van der Waals surface area contributed by atoms with Crippen molar-refractivity contribution in [3.63, 3.8) is 0 Å². The number of nitrogens with one attached hydrogen (secondary N) is 2. The van der Waals surface area contributed by atoms with Crippen LogP contribution in [0.1, 0.15) is 36.9 Å². The molecule has 33 heavy (non-hydrogen) atoms. The number of benzene rings is 2. The molecule has 2 amide bonds. The first-order chi connectivity index (χ1) is 15.9. The molecule has 0 saturated carbocycles. The van der Waals surface area contributed by atoms with Crippen molar-refractivity contribution >= 4 is 23.2 Å². The average molecular weight is 459 g/mol. The van der Waals surface area contributed by atoms with E-state index in [9.17, 15) is 14.4 Å². The van der Waals surface area contributed by atoms with Gasteiger partial charge in [-0.1, -0.05) is 60.2 Å². The molecule has 166 valence electrons. The highest BCUT2D eigenvalue weighted by Gasteiger charge is 2.18. The molecule has 8 heteroatoms. The molecular weight excluding hydrogens is 436 g/mol. The molecule has 0 aliphatic rings. The topological polar surface area (TPSA) is 93.1 Å². The third kappa shape index (κ3) is 5.07. The van der Waals surface area contributed by atoms with E-state index in [0.717, 1.165) is 16.7 Å². The first kappa shape index (κ1) is 22.2. The zero-order valence-electron chi connectivity index (χ0n) is 18.2. The van der Waals surface area contributed by atoms with Gasteiger partial charge in [0.15, 0.2) is 0 Å². The summed E-state index contributed by atoms with van der Waals surface area (Å²) in [4.78, 5) is 42.9. The van der Waals surface area contributed by atoms with Crippen molar-refractivity contribution in [2.75, 3.05) is 0 Å². The second-order valence-electron chi connectivity index (χ2n) is 7.55. The molecule has 0 unspecified atom stereocenters. The maximum absolute atomic E-state index is 12.8. The number of rotatable bonds is 5. The van der Waals surface area contributed by atoms with Crippen LogP contribution in [0.2, 0.25) is 0 Å². The van der Waals surface area contributed by atoms with Crippen LogP contribution in [0.25, 0.3) is 10.6 Å². The lowest BCUT2D eigenvalue weighted by Gasteiger charge is -2.10.